The Morgan fingerprint density at radius 3 is 3.11 bits per heavy atom. The molecule has 1 N–H and O–H groups in total. The number of hydrogen-bond donors (Lipinski definition) is 1. The summed E-state index contributed by atoms with van der Waals surface area (Å²) in [5.41, 5.74) is 2.15. The van der Waals surface area contributed by atoms with Gasteiger partial charge in [-0.15, -0.1) is 0 Å². The van der Waals surface area contributed by atoms with Gasteiger partial charge in [-0.1, -0.05) is 19.1 Å². The second-order valence-electron chi connectivity index (χ2n) is 5.75. The van der Waals surface area contributed by atoms with Crippen LogP contribution in [0.1, 0.15) is 43.2 Å². The molecule has 2 unspecified atom stereocenters. The van der Waals surface area contributed by atoms with Crippen LogP contribution in [-0.2, 0) is 6.42 Å². The standard InChI is InChI=1S/C16H21FN2/c1-11-4-2-5-12-6-3-7-14(17)16(12)13(11)10-15-18-8-9-19-15/h3,6-7,11,13H,2,4-5,8-10H2,1H3,(H,18,19). The lowest BCUT2D eigenvalue weighted by atomic mass is 9.82. The second kappa shape index (κ2) is 5.32. The largest absolute Gasteiger partial charge is 0.372 e. The SMILES string of the molecule is CC1CCCc2cccc(F)c2C1CC1=NCCN1. The fourth-order valence-electron chi connectivity index (χ4n) is 3.41. The summed E-state index contributed by atoms with van der Waals surface area (Å²) >= 11 is 0. The van der Waals surface area contributed by atoms with Crippen molar-refractivity contribution >= 4 is 5.84 Å². The maximum atomic E-state index is 14.3. The smallest absolute Gasteiger partial charge is 0.126 e. The van der Waals surface area contributed by atoms with Crippen LogP contribution in [0.15, 0.2) is 23.2 Å². The highest BCUT2D eigenvalue weighted by Gasteiger charge is 2.29. The van der Waals surface area contributed by atoms with Crippen LogP contribution >= 0.6 is 0 Å². The number of nitrogens with one attached hydrogen (secondary N) is 1. The number of hydrogen-bond acceptors (Lipinski definition) is 2. The summed E-state index contributed by atoms with van der Waals surface area (Å²) in [6.07, 6.45) is 4.20. The summed E-state index contributed by atoms with van der Waals surface area (Å²) < 4.78 is 14.3. The van der Waals surface area contributed by atoms with Crippen LogP contribution in [0.4, 0.5) is 4.39 Å². The van der Waals surface area contributed by atoms with Gasteiger partial charge >= 0.3 is 0 Å². The lowest BCUT2D eigenvalue weighted by Gasteiger charge is -2.24. The highest BCUT2D eigenvalue weighted by molar-refractivity contribution is 5.84. The van der Waals surface area contributed by atoms with E-state index in [1.54, 1.807) is 6.07 Å². The van der Waals surface area contributed by atoms with E-state index in [4.69, 9.17) is 0 Å². The second-order valence-corrected chi connectivity index (χ2v) is 5.75. The summed E-state index contributed by atoms with van der Waals surface area (Å²) in [5.74, 6) is 1.81. The monoisotopic (exact) mass is 260 g/mol. The molecule has 1 aliphatic heterocycles. The van der Waals surface area contributed by atoms with Crippen LogP contribution in [0.5, 0.6) is 0 Å². The van der Waals surface area contributed by atoms with Crippen LogP contribution in [0.2, 0.25) is 0 Å². The number of amidine groups is 1. The lowest BCUT2D eigenvalue weighted by Crippen LogP contribution is -2.24. The molecule has 19 heavy (non-hydrogen) atoms. The summed E-state index contributed by atoms with van der Waals surface area (Å²) in [6, 6.07) is 5.54. The molecule has 0 radical (unpaired) electrons. The van der Waals surface area contributed by atoms with Crippen LogP contribution < -0.4 is 5.32 Å². The van der Waals surface area contributed by atoms with E-state index < -0.39 is 0 Å². The highest BCUT2D eigenvalue weighted by Crippen LogP contribution is 2.38. The van der Waals surface area contributed by atoms with Gasteiger partial charge in [0, 0.05) is 13.0 Å². The van der Waals surface area contributed by atoms with Gasteiger partial charge in [0.05, 0.1) is 12.4 Å². The number of benzene rings is 1. The lowest BCUT2D eigenvalue weighted by molar-refractivity contribution is 0.426. The Kier molecular flexibility index (Phi) is 3.54. The molecular weight excluding hydrogens is 239 g/mol. The molecule has 1 aromatic rings. The molecule has 3 rings (SSSR count). The summed E-state index contributed by atoms with van der Waals surface area (Å²) in [7, 11) is 0. The van der Waals surface area contributed by atoms with E-state index in [0.29, 0.717) is 5.92 Å². The van der Waals surface area contributed by atoms with E-state index >= 15 is 0 Å². The minimum atomic E-state index is -0.0325. The third-order valence-corrected chi connectivity index (χ3v) is 4.46. The predicted molar refractivity (Wildman–Crippen MR) is 76.2 cm³/mol. The van der Waals surface area contributed by atoms with E-state index in [1.807, 2.05) is 6.07 Å². The van der Waals surface area contributed by atoms with E-state index in [-0.39, 0.29) is 11.7 Å². The Morgan fingerprint density at radius 1 is 1.42 bits per heavy atom. The molecule has 102 valence electrons. The molecule has 1 aromatic carbocycles. The van der Waals surface area contributed by atoms with Crippen LogP contribution in [0.3, 0.4) is 0 Å². The van der Waals surface area contributed by atoms with Crippen molar-refractivity contribution in [2.45, 2.75) is 38.5 Å². The van der Waals surface area contributed by atoms with Crippen LogP contribution in [-0.4, -0.2) is 18.9 Å². The first-order valence-electron chi connectivity index (χ1n) is 7.30. The molecular formula is C16H21FN2. The Morgan fingerprint density at radius 2 is 2.32 bits per heavy atom. The van der Waals surface area contributed by atoms with Crippen molar-refractivity contribution in [2.24, 2.45) is 10.9 Å². The molecule has 0 saturated carbocycles. The quantitative estimate of drug-likeness (QED) is 0.811. The Balaban J connectivity index is 1.96. The molecule has 0 saturated heterocycles. The predicted octanol–water partition coefficient (Wildman–Crippen LogP) is 3.27. The third kappa shape index (κ3) is 2.51. The van der Waals surface area contributed by atoms with E-state index in [9.17, 15) is 4.39 Å². The topological polar surface area (TPSA) is 24.4 Å². The highest BCUT2D eigenvalue weighted by atomic mass is 19.1. The number of halogens is 1. The average molecular weight is 260 g/mol. The van der Waals surface area contributed by atoms with Crippen molar-refractivity contribution in [1.82, 2.24) is 5.32 Å². The van der Waals surface area contributed by atoms with Crippen molar-refractivity contribution in [2.75, 3.05) is 13.1 Å². The van der Waals surface area contributed by atoms with Crippen molar-refractivity contribution < 1.29 is 4.39 Å². The van der Waals surface area contributed by atoms with Crippen LogP contribution in [0, 0.1) is 11.7 Å². The van der Waals surface area contributed by atoms with Gasteiger partial charge in [-0.3, -0.25) is 4.99 Å². The van der Waals surface area contributed by atoms with Crippen molar-refractivity contribution in [1.29, 1.82) is 0 Å². The molecule has 0 bridgehead atoms. The summed E-state index contributed by atoms with van der Waals surface area (Å²) in [6.45, 7) is 4.04. The maximum absolute atomic E-state index is 14.3. The number of aryl methyl sites for hydroxylation is 1. The molecule has 2 aliphatic rings. The fraction of sp³-hybridized carbons (Fsp3) is 0.562. The van der Waals surface area contributed by atoms with Crippen LogP contribution in [0.25, 0.3) is 0 Å². The molecule has 2 atom stereocenters. The summed E-state index contributed by atoms with van der Waals surface area (Å²) in [5, 5.41) is 3.32. The Bertz CT molecular complexity index is 496. The number of rotatable bonds is 2. The third-order valence-electron chi connectivity index (χ3n) is 4.46. The van der Waals surface area contributed by atoms with Crippen molar-refractivity contribution in [3.63, 3.8) is 0 Å². The number of aliphatic imine (C=N–C) groups is 1. The van der Waals surface area contributed by atoms with Gasteiger partial charge in [0.15, 0.2) is 0 Å². The molecule has 1 heterocycles. The van der Waals surface area contributed by atoms with E-state index in [0.717, 1.165) is 43.8 Å². The van der Waals surface area contributed by atoms with Gasteiger partial charge in [-0.2, -0.15) is 0 Å². The average Bonchev–Trinajstić information content (AvgIpc) is 2.84. The first-order chi connectivity index (χ1) is 9.25. The van der Waals surface area contributed by atoms with Gasteiger partial charge in [0.1, 0.15) is 5.82 Å². The maximum Gasteiger partial charge on any atom is 0.126 e. The molecule has 0 amide bonds. The zero-order valence-electron chi connectivity index (χ0n) is 11.5. The fourth-order valence-corrected chi connectivity index (χ4v) is 3.41. The molecule has 0 aromatic heterocycles. The van der Waals surface area contributed by atoms with Gasteiger partial charge in [-0.25, -0.2) is 4.39 Å². The van der Waals surface area contributed by atoms with Gasteiger partial charge < -0.3 is 5.32 Å². The molecule has 0 fully saturated rings. The molecule has 1 aliphatic carbocycles. The van der Waals surface area contributed by atoms with Gasteiger partial charge in [0.2, 0.25) is 0 Å². The number of nitrogens with zero attached hydrogens (tertiary/aromatic N) is 1. The molecule has 3 heteroatoms. The normalized spacial score (nSPS) is 26.3. The Labute approximate surface area is 114 Å². The van der Waals surface area contributed by atoms with Gasteiger partial charge in [-0.05, 0) is 48.3 Å². The zero-order chi connectivity index (χ0) is 13.2. The first kappa shape index (κ1) is 12.6. The van der Waals surface area contributed by atoms with Crippen molar-refractivity contribution in [3.05, 3.63) is 35.1 Å². The number of fused-ring (bicyclic) bond motifs is 1. The minimum absolute atomic E-state index is 0.0325. The first-order valence-corrected chi connectivity index (χ1v) is 7.30. The minimum Gasteiger partial charge on any atom is -0.372 e. The van der Waals surface area contributed by atoms with E-state index in [2.05, 4.69) is 23.3 Å². The Hall–Kier alpha value is -1.38. The molecule has 0 spiro atoms. The van der Waals surface area contributed by atoms with Crippen molar-refractivity contribution in [3.8, 4) is 0 Å². The van der Waals surface area contributed by atoms with Gasteiger partial charge in [0.25, 0.3) is 0 Å². The van der Waals surface area contributed by atoms with E-state index in [1.165, 1.54) is 12.0 Å². The zero-order valence-corrected chi connectivity index (χ0v) is 11.5. The summed E-state index contributed by atoms with van der Waals surface area (Å²) in [4.78, 5) is 4.48. The molecule has 2 nitrogen and oxygen atoms in total.